The first kappa shape index (κ1) is 13.0. The second-order valence-corrected chi connectivity index (χ2v) is 5.38. The van der Waals surface area contributed by atoms with Gasteiger partial charge in [0.05, 0.1) is 22.3 Å². The number of benzene rings is 2. The molecule has 0 spiro atoms. The number of carbonyl (C=O) groups is 1. The summed E-state index contributed by atoms with van der Waals surface area (Å²) in [5.74, 6) is -1.30. The summed E-state index contributed by atoms with van der Waals surface area (Å²) >= 11 is 2.04. The van der Waals surface area contributed by atoms with Gasteiger partial charge in [0.25, 0.3) is 0 Å². The second kappa shape index (κ2) is 4.86. The van der Waals surface area contributed by atoms with Crippen molar-refractivity contribution >= 4 is 39.6 Å². The summed E-state index contributed by atoms with van der Waals surface area (Å²) in [6.45, 7) is 0. The molecule has 4 nitrogen and oxygen atoms in total. The third kappa shape index (κ3) is 2.15. The molecule has 0 saturated carbocycles. The number of aromatic nitrogens is 2. The van der Waals surface area contributed by atoms with E-state index in [1.54, 1.807) is 29.1 Å². The number of aromatic carboxylic acids is 1. The summed E-state index contributed by atoms with van der Waals surface area (Å²) in [6, 6.07) is 9.16. The lowest BCUT2D eigenvalue weighted by Gasteiger charge is -2.07. The highest BCUT2D eigenvalue weighted by Gasteiger charge is 2.11. The van der Waals surface area contributed by atoms with E-state index < -0.39 is 5.97 Å². The Morgan fingerprint density at radius 2 is 2.05 bits per heavy atom. The summed E-state index contributed by atoms with van der Waals surface area (Å²) < 4.78 is 15.6. The molecule has 0 amide bonds. The van der Waals surface area contributed by atoms with Crippen LogP contribution in [0.5, 0.6) is 0 Å². The standard InChI is InChI=1S/C14H8FIN2O2/c15-9-2-4-12(10(16)6-9)18-7-17-11-3-1-8(14(19)20)5-13(11)18/h1-7H,(H,19,20). The summed E-state index contributed by atoms with van der Waals surface area (Å²) in [4.78, 5) is 15.3. The minimum Gasteiger partial charge on any atom is -0.478 e. The van der Waals surface area contributed by atoms with Gasteiger partial charge < -0.3 is 5.11 Å². The highest BCUT2D eigenvalue weighted by molar-refractivity contribution is 14.1. The molecule has 100 valence electrons. The van der Waals surface area contributed by atoms with E-state index in [0.717, 1.165) is 9.26 Å². The van der Waals surface area contributed by atoms with Crippen molar-refractivity contribution in [3.05, 3.63) is 57.7 Å². The minimum atomic E-state index is -0.992. The van der Waals surface area contributed by atoms with Gasteiger partial charge in [-0.1, -0.05) is 0 Å². The molecular formula is C14H8FIN2O2. The molecule has 0 unspecified atom stereocenters. The zero-order chi connectivity index (χ0) is 14.3. The second-order valence-electron chi connectivity index (χ2n) is 4.22. The lowest BCUT2D eigenvalue weighted by Crippen LogP contribution is -1.99. The Morgan fingerprint density at radius 1 is 1.25 bits per heavy atom. The number of imidazole rings is 1. The van der Waals surface area contributed by atoms with Gasteiger partial charge in [-0.2, -0.15) is 0 Å². The zero-order valence-corrected chi connectivity index (χ0v) is 12.2. The van der Waals surface area contributed by atoms with Crippen molar-refractivity contribution in [1.82, 2.24) is 9.55 Å². The fourth-order valence-corrected chi connectivity index (χ4v) is 2.75. The van der Waals surface area contributed by atoms with Crippen molar-refractivity contribution in [1.29, 1.82) is 0 Å². The van der Waals surface area contributed by atoms with Crippen LogP contribution >= 0.6 is 22.6 Å². The number of nitrogens with zero attached hydrogens (tertiary/aromatic N) is 2. The molecular weight excluding hydrogens is 374 g/mol. The predicted octanol–water partition coefficient (Wildman–Crippen LogP) is 3.47. The van der Waals surface area contributed by atoms with Gasteiger partial charge in [-0.3, -0.25) is 4.57 Å². The van der Waals surface area contributed by atoms with E-state index in [2.05, 4.69) is 4.98 Å². The van der Waals surface area contributed by atoms with Crippen LogP contribution in [0.15, 0.2) is 42.7 Å². The van der Waals surface area contributed by atoms with E-state index in [0.29, 0.717) is 11.0 Å². The van der Waals surface area contributed by atoms with Gasteiger partial charge in [-0.25, -0.2) is 14.2 Å². The monoisotopic (exact) mass is 382 g/mol. The smallest absolute Gasteiger partial charge is 0.335 e. The summed E-state index contributed by atoms with van der Waals surface area (Å²) in [5.41, 5.74) is 2.32. The van der Waals surface area contributed by atoms with Gasteiger partial charge in [0.15, 0.2) is 0 Å². The van der Waals surface area contributed by atoms with Crippen molar-refractivity contribution in [3.63, 3.8) is 0 Å². The van der Waals surface area contributed by atoms with Gasteiger partial charge in [0.1, 0.15) is 12.1 Å². The molecule has 20 heavy (non-hydrogen) atoms. The number of carboxylic acid groups (broad SMARTS) is 1. The van der Waals surface area contributed by atoms with Crippen LogP contribution in [0, 0.1) is 9.39 Å². The molecule has 0 fully saturated rings. The minimum absolute atomic E-state index is 0.191. The van der Waals surface area contributed by atoms with Crippen LogP contribution in [0.2, 0.25) is 0 Å². The molecule has 0 bridgehead atoms. The SMILES string of the molecule is O=C(O)c1ccc2ncn(-c3ccc(F)cc3I)c2c1. The first-order chi connectivity index (χ1) is 9.56. The number of fused-ring (bicyclic) bond motifs is 1. The lowest BCUT2D eigenvalue weighted by molar-refractivity contribution is 0.0697. The summed E-state index contributed by atoms with van der Waals surface area (Å²) in [7, 11) is 0. The molecule has 3 rings (SSSR count). The molecule has 0 aliphatic carbocycles. The van der Waals surface area contributed by atoms with Gasteiger partial charge >= 0.3 is 5.97 Å². The molecule has 3 aromatic rings. The number of halogens is 2. The van der Waals surface area contributed by atoms with Crippen molar-refractivity contribution in [2.45, 2.75) is 0 Å². The Bertz CT molecular complexity index is 829. The van der Waals surface area contributed by atoms with Crippen LogP contribution in [0.1, 0.15) is 10.4 Å². The van der Waals surface area contributed by atoms with Gasteiger partial charge in [0.2, 0.25) is 0 Å². The third-order valence-electron chi connectivity index (χ3n) is 2.96. The first-order valence-electron chi connectivity index (χ1n) is 5.72. The first-order valence-corrected chi connectivity index (χ1v) is 6.80. The number of hydrogen-bond donors (Lipinski definition) is 1. The largest absolute Gasteiger partial charge is 0.478 e. The number of hydrogen-bond acceptors (Lipinski definition) is 2. The maximum Gasteiger partial charge on any atom is 0.335 e. The van der Waals surface area contributed by atoms with Crippen LogP contribution in [0.4, 0.5) is 4.39 Å². The molecule has 1 heterocycles. The Hall–Kier alpha value is -1.96. The molecule has 1 N–H and O–H groups in total. The molecule has 0 saturated heterocycles. The zero-order valence-electron chi connectivity index (χ0n) is 10.0. The van der Waals surface area contributed by atoms with Crippen LogP contribution in [0.25, 0.3) is 16.7 Å². The van der Waals surface area contributed by atoms with E-state index in [1.165, 1.54) is 18.2 Å². The Kier molecular flexibility index (Phi) is 3.17. The molecule has 6 heteroatoms. The van der Waals surface area contributed by atoms with Crippen molar-refractivity contribution in [3.8, 4) is 5.69 Å². The van der Waals surface area contributed by atoms with Crippen LogP contribution in [-0.2, 0) is 0 Å². The van der Waals surface area contributed by atoms with E-state index >= 15 is 0 Å². The third-order valence-corrected chi connectivity index (χ3v) is 3.83. The van der Waals surface area contributed by atoms with Crippen LogP contribution in [-0.4, -0.2) is 20.6 Å². The highest BCUT2D eigenvalue weighted by Crippen LogP contribution is 2.24. The maximum absolute atomic E-state index is 13.2. The normalized spacial score (nSPS) is 10.9. The fraction of sp³-hybridized carbons (Fsp3) is 0. The van der Waals surface area contributed by atoms with Gasteiger partial charge in [-0.15, -0.1) is 0 Å². The molecule has 2 aromatic carbocycles. The van der Waals surface area contributed by atoms with E-state index in [1.807, 2.05) is 22.6 Å². The van der Waals surface area contributed by atoms with Crippen molar-refractivity contribution < 1.29 is 14.3 Å². The van der Waals surface area contributed by atoms with Crippen LogP contribution < -0.4 is 0 Å². The van der Waals surface area contributed by atoms with Crippen molar-refractivity contribution in [2.75, 3.05) is 0 Å². The molecule has 0 aliphatic rings. The van der Waals surface area contributed by atoms with E-state index in [4.69, 9.17) is 5.11 Å². The topological polar surface area (TPSA) is 55.1 Å². The lowest BCUT2D eigenvalue weighted by atomic mass is 10.2. The molecule has 0 radical (unpaired) electrons. The Labute approximate surface area is 127 Å². The Balaban J connectivity index is 2.25. The number of carboxylic acids is 1. The van der Waals surface area contributed by atoms with Crippen molar-refractivity contribution in [2.24, 2.45) is 0 Å². The fourth-order valence-electron chi connectivity index (χ4n) is 2.01. The predicted molar refractivity (Wildman–Crippen MR) is 80.7 cm³/mol. The summed E-state index contributed by atoms with van der Waals surface area (Å²) in [5, 5.41) is 9.05. The number of rotatable bonds is 2. The molecule has 1 aromatic heterocycles. The molecule has 0 atom stereocenters. The molecule has 0 aliphatic heterocycles. The van der Waals surface area contributed by atoms with E-state index in [9.17, 15) is 9.18 Å². The van der Waals surface area contributed by atoms with E-state index in [-0.39, 0.29) is 11.4 Å². The van der Waals surface area contributed by atoms with Crippen LogP contribution in [0.3, 0.4) is 0 Å². The quantitative estimate of drug-likeness (QED) is 0.691. The Morgan fingerprint density at radius 3 is 2.75 bits per heavy atom. The average molecular weight is 382 g/mol. The summed E-state index contributed by atoms with van der Waals surface area (Å²) in [6.07, 6.45) is 1.60. The average Bonchev–Trinajstić information content (AvgIpc) is 2.81. The van der Waals surface area contributed by atoms with Gasteiger partial charge in [-0.05, 0) is 59.0 Å². The van der Waals surface area contributed by atoms with Gasteiger partial charge in [0, 0.05) is 3.57 Å². The highest BCUT2D eigenvalue weighted by atomic mass is 127. The maximum atomic E-state index is 13.2.